The number of carboxylic acids is 1. The molecule has 4 heteroatoms. The highest BCUT2D eigenvalue weighted by molar-refractivity contribution is 7.47. The Balaban J connectivity index is 2.36. The minimum Gasteiger partial charge on any atom is -0.478 e. The molecule has 0 spiro atoms. The zero-order valence-corrected chi connectivity index (χ0v) is 14.5. The second kappa shape index (κ2) is 7.42. The molecule has 0 radical (unpaired) electrons. The first-order valence-corrected chi connectivity index (χ1v) is 9.43. The molecule has 0 aliphatic rings. The lowest BCUT2D eigenvalue weighted by Crippen LogP contribution is -2.27. The molecule has 1 N–H and O–H groups in total. The standard InChI is InChI=1S/C21H17O3P/c22-20(23)16-25(24)21(17-10-4-1-5-11-17,18-12-6-2-7-13-18)19-14-8-3-9-15-19/h1-15H,16H2/p+1. The van der Waals surface area contributed by atoms with Gasteiger partial charge in [0.25, 0.3) is 0 Å². The van der Waals surface area contributed by atoms with Gasteiger partial charge in [0, 0.05) is 16.7 Å². The Morgan fingerprint density at radius 1 is 0.720 bits per heavy atom. The molecule has 0 amide bonds. The minimum atomic E-state index is -2.15. The van der Waals surface area contributed by atoms with Crippen molar-refractivity contribution in [2.45, 2.75) is 5.16 Å². The van der Waals surface area contributed by atoms with E-state index in [2.05, 4.69) is 0 Å². The topological polar surface area (TPSA) is 54.4 Å². The van der Waals surface area contributed by atoms with Gasteiger partial charge >= 0.3 is 13.8 Å². The van der Waals surface area contributed by atoms with E-state index in [1.807, 2.05) is 91.0 Å². The van der Waals surface area contributed by atoms with Crippen LogP contribution >= 0.6 is 7.80 Å². The highest BCUT2D eigenvalue weighted by atomic mass is 31.1. The molecule has 0 heterocycles. The van der Waals surface area contributed by atoms with E-state index in [1.165, 1.54) is 0 Å². The Morgan fingerprint density at radius 2 is 1.04 bits per heavy atom. The number of aliphatic carboxylic acids is 1. The van der Waals surface area contributed by atoms with Gasteiger partial charge in [-0.1, -0.05) is 95.6 Å². The Hall–Kier alpha value is -2.77. The smallest absolute Gasteiger partial charge is 0.371 e. The van der Waals surface area contributed by atoms with Gasteiger partial charge in [-0.2, -0.15) is 0 Å². The van der Waals surface area contributed by atoms with Crippen LogP contribution in [0.3, 0.4) is 0 Å². The van der Waals surface area contributed by atoms with Crippen LogP contribution in [-0.4, -0.2) is 17.2 Å². The van der Waals surface area contributed by atoms with Crippen molar-refractivity contribution in [3.05, 3.63) is 108 Å². The zero-order chi connectivity index (χ0) is 17.7. The monoisotopic (exact) mass is 349 g/mol. The molecule has 0 aromatic heterocycles. The van der Waals surface area contributed by atoms with Crippen molar-refractivity contribution in [2.75, 3.05) is 6.16 Å². The van der Waals surface area contributed by atoms with Crippen LogP contribution in [0.4, 0.5) is 0 Å². The minimum absolute atomic E-state index is 0.395. The van der Waals surface area contributed by atoms with E-state index in [-0.39, 0.29) is 0 Å². The largest absolute Gasteiger partial charge is 0.478 e. The first-order valence-electron chi connectivity index (χ1n) is 7.99. The second-order valence-corrected chi connectivity index (χ2v) is 7.48. The molecule has 3 aromatic rings. The maximum Gasteiger partial charge on any atom is 0.371 e. The predicted molar refractivity (Wildman–Crippen MR) is 99.3 cm³/mol. The Morgan fingerprint density at radius 3 is 1.32 bits per heavy atom. The van der Waals surface area contributed by atoms with Gasteiger partial charge in [-0.3, -0.25) is 0 Å². The summed E-state index contributed by atoms with van der Waals surface area (Å²) in [6, 6.07) is 28.5. The van der Waals surface area contributed by atoms with Crippen LogP contribution < -0.4 is 0 Å². The van der Waals surface area contributed by atoms with Gasteiger partial charge in [0.1, 0.15) is 0 Å². The van der Waals surface area contributed by atoms with Crippen molar-refractivity contribution in [3.63, 3.8) is 0 Å². The van der Waals surface area contributed by atoms with Crippen molar-refractivity contribution >= 4 is 13.8 Å². The number of carbonyl (C=O) groups is 1. The van der Waals surface area contributed by atoms with Crippen LogP contribution in [0, 0.1) is 0 Å². The molecule has 3 aromatic carbocycles. The van der Waals surface area contributed by atoms with Crippen molar-refractivity contribution in [3.8, 4) is 0 Å². The first kappa shape index (κ1) is 17.1. The average Bonchev–Trinajstić information content (AvgIpc) is 2.64. The van der Waals surface area contributed by atoms with Gasteiger partial charge in [-0.25, -0.2) is 4.79 Å². The SMILES string of the molecule is O=C(O)C[P+](=O)C(c1ccccc1)(c1ccccc1)c1ccccc1. The van der Waals surface area contributed by atoms with Crippen molar-refractivity contribution in [1.82, 2.24) is 0 Å². The molecule has 3 rings (SSSR count). The summed E-state index contributed by atoms with van der Waals surface area (Å²) in [6.07, 6.45) is -0.395. The summed E-state index contributed by atoms with van der Waals surface area (Å²) in [6.45, 7) is 0. The summed E-state index contributed by atoms with van der Waals surface area (Å²) in [4.78, 5) is 11.4. The highest BCUT2D eigenvalue weighted by Gasteiger charge is 2.54. The summed E-state index contributed by atoms with van der Waals surface area (Å²) in [5.74, 6) is -1.06. The van der Waals surface area contributed by atoms with Gasteiger partial charge in [-0.05, 0) is 0 Å². The molecular weight excluding hydrogens is 331 g/mol. The normalized spacial score (nSPS) is 11.8. The third kappa shape index (κ3) is 3.24. The molecule has 124 valence electrons. The Bertz CT molecular complexity index is 765. The Kier molecular flexibility index (Phi) is 5.06. The molecule has 3 nitrogen and oxygen atoms in total. The van der Waals surface area contributed by atoms with E-state index in [0.717, 1.165) is 16.7 Å². The van der Waals surface area contributed by atoms with E-state index < -0.39 is 25.1 Å². The molecule has 0 saturated heterocycles. The molecule has 1 atom stereocenters. The lowest BCUT2D eigenvalue weighted by atomic mass is 9.84. The second-order valence-electron chi connectivity index (χ2n) is 5.74. The van der Waals surface area contributed by atoms with Crippen LogP contribution in [0.5, 0.6) is 0 Å². The fourth-order valence-electron chi connectivity index (χ4n) is 3.21. The molecule has 1 unspecified atom stereocenters. The van der Waals surface area contributed by atoms with Crippen molar-refractivity contribution < 1.29 is 14.5 Å². The van der Waals surface area contributed by atoms with E-state index in [4.69, 9.17) is 0 Å². The third-order valence-electron chi connectivity index (χ3n) is 4.23. The maximum atomic E-state index is 13.4. The molecule has 0 bridgehead atoms. The van der Waals surface area contributed by atoms with Crippen molar-refractivity contribution in [2.24, 2.45) is 0 Å². The third-order valence-corrected chi connectivity index (χ3v) is 6.31. The fourth-order valence-corrected chi connectivity index (χ4v) is 5.01. The quantitative estimate of drug-likeness (QED) is 0.509. The number of rotatable bonds is 6. The molecule has 0 fully saturated rings. The van der Waals surface area contributed by atoms with Gasteiger partial charge in [0.05, 0.1) is 0 Å². The lowest BCUT2D eigenvalue weighted by Gasteiger charge is -2.26. The van der Waals surface area contributed by atoms with E-state index >= 15 is 0 Å². The molecule has 0 saturated carbocycles. The first-order chi connectivity index (χ1) is 12.2. The summed E-state index contributed by atoms with van der Waals surface area (Å²) >= 11 is 0. The van der Waals surface area contributed by atoms with Gasteiger partial charge in [0.15, 0.2) is 0 Å². The van der Waals surface area contributed by atoms with Crippen LogP contribution in [0.15, 0.2) is 91.0 Å². The van der Waals surface area contributed by atoms with E-state index in [1.54, 1.807) is 0 Å². The Labute approximate surface area is 147 Å². The summed E-state index contributed by atoms with van der Waals surface area (Å²) < 4.78 is 13.4. The average molecular weight is 349 g/mol. The van der Waals surface area contributed by atoms with E-state index in [9.17, 15) is 14.5 Å². The highest BCUT2D eigenvalue weighted by Crippen LogP contribution is 2.56. The van der Waals surface area contributed by atoms with Crippen LogP contribution in [-0.2, 0) is 14.5 Å². The number of carboxylic acid groups (broad SMARTS) is 1. The van der Waals surface area contributed by atoms with Crippen molar-refractivity contribution in [1.29, 1.82) is 0 Å². The molecule has 25 heavy (non-hydrogen) atoms. The number of hydrogen-bond acceptors (Lipinski definition) is 2. The molecular formula is C21H18O3P+. The number of hydrogen-bond donors (Lipinski definition) is 1. The number of benzene rings is 3. The summed E-state index contributed by atoms with van der Waals surface area (Å²) in [5.41, 5.74) is 2.49. The van der Waals surface area contributed by atoms with E-state index in [0.29, 0.717) is 0 Å². The van der Waals surface area contributed by atoms with Crippen LogP contribution in [0.25, 0.3) is 0 Å². The van der Waals surface area contributed by atoms with Gasteiger partial charge < -0.3 is 5.11 Å². The predicted octanol–water partition coefficient (Wildman–Crippen LogP) is 4.89. The maximum absolute atomic E-state index is 13.4. The summed E-state index contributed by atoms with van der Waals surface area (Å²) in [7, 11) is -2.15. The summed E-state index contributed by atoms with van der Waals surface area (Å²) in [5, 5.41) is 8.30. The fraction of sp³-hybridized carbons (Fsp3) is 0.0952. The molecule has 0 aliphatic heterocycles. The lowest BCUT2D eigenvalue weighted by molar-refractivity contribution is -0.134. The van der Waals surface area contributed by atoms with Gasteiger partial charge in [0.2, 0.25) is 11.3 Å². The zero-order valence-electron chi connectivity index (χ0n) is 13.6. The van der Waals surface area contributed by atoms with Crippen LogP contribution in [0.1, 0.15) is 16.7 Å². The molecule has 0 aliphatic carbocycles. The van der Waals surface area contributed by atoms with Crippen LogP contribution in [0.2, 0.25) is 0 Å². The van der Waals surface area contributed by atoms with Gasteiger partial charge in [-0.15, -0.1) is 0 Å².